The molecule has 0 heterocycles. The van der Waals surface area contributed by atoms with Crippen LogP contribution in [-0.2, 0) is 14.3 Å². The molecule has 0 radical (unpaired) electrons. The van der Waals surface area contributed by atoms with Crippen LogP contribution >= 0.6 is 0 Å². The van der Waals surface area contributed by atoms with Gasteiger partial charge in [0.15, 0.2) is 0 Å². The van der Waals surface area contributed by atoms with E-state index in [-0.39, 0.29) is 5.97 Å². The van der Waals surface area contributed by atoms with Crippen LogP contribution in [0.4, 0.5) is 0 Å². The first-order chi connectivity index (χ1) is 8.16. The van der Waals surface area contributed by atoms with Crippen molar-refractivity contribution in [3.63, 3.8) is 0 Å². The van der Waals surface area contributed by atoms with Gasteiger partial charge in [-0.1, -0.05) is 6.42 Å². The van der Waals surface area contributed by atoms with Gasteiger partial charge in [0.25, 0.3) is 0 Å². The average molecular weight is 245 g/mol. The van der Waals surface area contributed by atoms with Gasteiger partial charge < -0.3 is 14.8 Å². The minimum atomic E-state index is -0.0780. The van der Waals surface area contributed by atoms with Gasteiger partial charge in [0.1, 0.15) is 0 Å². The highest BCUT2D eigenvalue weighted by Gasteiger charge is 2.00. The van der Waals surface area contributed by atoms with E-state index in [2.05, 4.69) is 5.32 Å². The van der Waals surface area contributed by atoms with E-state index in [1.54, 1.807) is 0 Å². The van der Waals surface area contributed by atoms with E-state index in [4.69, 9.17) is 9.47 Å². The smallest absolute Gasteiger partial charge is 0.305 e. The third-order valence-electron chi connectivity index (χ3n) is 2.27. The van der Waals surface area contributed by atoms with Crippen LogP contribution < -0.4 is 5.32 Å². The Morgan fingerprint density at radius 1 is 1.18 bits per heavy atom. The zero-order valence-electron chi connectivity index (χ0n) is 11.5. The molecule has 0 aromatic carbocycles. The molecule has 0 saturated heterocycles. The molecule has 0 fully saturated rings. The van der Waals surface area contributed by atoms with E-state index >= 15 is 0 Å². The second-order valence-electron chi connectivity index (χ2n) is 4.29. The molecule has 0 saturated carbocycles. The maximum atomic E-state index is 11.0. The van der Waals surface area contributed by atoms with Crippen LogP contribution in [0.15, 0.2) is 0 Å². The molecule has 0 rings (SSSR count). The van der Waals surface area contributed by atoms with Crippen LogP contribution in [0.5, 0.6) is 0 Å². The lowest BCUT2D eigenvalue weighted by molar-refractivity contribution is -0.143. The molecule has 0 amide bonds. The first kappa shape index (κ1) is 16.4. The van der Waals surface area contributed by atoms with Crippen molar-refractivity contribution < 1.29 is 14.3 Å². The number of unbranched alkanes of at least 4 members (excludes halogenated alkanes) is 2. The third-order valence-corrected chi connectivity index (χ3v) is 2.27. The first-order valence-electron chi connectivity index (χ1n) is 6.64. The summed E-state index contributed by atoms with van der Waals surface area (Å²) in [4.78, 5) is 11.0. The molecule has 0 aliphatic rings. The molecule has 0 spiro atoms. The summed E-state index contributed by atoms with van der Waals surface area (Å²) in [6.07, 6.45) is 3.94. The summed E-state index contributed by atoms with van der Waals surface area (Å²) in [6.45, 7) is 9.04. The molecule has 0 unspecified atom stereocenters. The lowest BCUT2D eigenvalue weighted by atomic mass is 10.2. The standard InChI is InChI=1S/C13H27NO3/c1-4-16-13(15)8-6-5-7-9-14-10-11-17-12(2)3/h12,14H,4-11H2,1-3H3. The normalized spacial score (nSPS) is 10.8. The second kappa shape index (κ2) is 11.9. The van der Waals surface area contributed by atoms with Crippen LogP contribution in [0.3, 0.4) is 0 Å². The molecule has 0 bridgehead atoms. The molecule has 17 heavy (non-hydrogen) atoms. The summed E-state index contributed by atoms with van der Waals surface area (Å²) < 4.78 is 10.3. The van der Waals surface area contributed by atoms with E-state index in [1.165, 1.54) is 0 Å². The Kier molecular flexibility index (Phi) is 11.4. The molecule has 0 atom stereocenters. The van der Waals surface area contributed by atoms with Crippen molar-refractivity contribution in [3.05, 3.63) is 0 Å². The average Bonchev–Trinajstić information content (AvgIpc) is 2.27. The molecule has 0 aromatic heterocycles. The van der Waals surface area contributed by atoms with Gasteiger partial charge in [0.2, 0.25) is 0 Å². The van der Waals surface area contributed by atoms with Crippen LogP contribution in [0.2, 0.25) is 0 Å². The quantitative estimate of drug-likeness (QED) is 0.447. The summed E-state index contributed by atoms with van der Waals surface area (Å²) >= 11 is 0. The van der Waals surface area contributed by atoms with E-state index in [9.17, 15) is 4.79 Å². The van der Waals surface area contributed by atoms with E-state index < -0.39 is 0 Å². The maximum absolute atomic E-state index is 11.0. The lowest BCUT2D eigenvalue weighted by Crippen LogP contribution is -2.22. The Bertz CT molecular complexity index is 184. The highest BCUT2D eigenvalue weighted by atomic mass is 16.5. The predicted molar refractivity (Wildman–Crippen MR) is 69.1 cm³/mol. The largest absolute Gasteiger partial charge is 0.466 e. The molecular formula is C13H27NO3. The van der Waals surface area contributed by atoms with Gasteiger partial charge in [-0.3, -0.25) is 4.79 Å². The molecule has 0 aromatic rings. The van der Waals surface area contributed by atoms with Crippen molar-refractivity contribution in [1.29, 1.82) is 0 Å². The van der Waals surface area contributed by atoms with Crippen molar-refractivity contribution in [1.82, 2.24) is 5.32 Å². The zero-order valence-corrected chi connectivity index (χ0v) is 11.5. The van der Waals surface area contributed by atoms with Gasteiger partial charge in [-0.25, -0.2) is 0 Å². The first-order valence-corrected chi connectivity index (χ1v) is 6.64. The highest BCUT2D eigenvalue weighted by Crippen LogP contribution is 2.00. The SMILES string of the molecule is CCOC(=O)CCCCCNCCOC(C)C. The molecule has 102 valence electrons. The van der Waals surface area contributed by atoms with Crippen molar-refractivity contribution >= 4 is 5.97 Å². The molecule has 4 heteroatoms. The summed E-state index contributed by atoms with van der Waals surface area (Å²) in [5.74, 6) is -0.0780. The lowest BCUT2D eigenvalue weighted by Gasteiger charge is -2.08. The van der Waals surface area contributed by atoms with Gasteiger partial charge in [0.05, 0.1) is 19.3 Å². The predicted octanol–water partition coefficient (Wildman–Crippen LogP) is 2.12. The van der Waals surface area contributed by atoms with E-state index in [1.807, 2.05) is 20.8 Å². The van der Waals surface area contributed by atoms with Crippen molar-refractivity contribution in [2.24, 2.45) is 0 Å². The van der Waals surface area contributed by atoms with E-state index in [0.29, 0.717) is 19.1 Å². The molecular weight excluding hydrogens is 218 g/mol. The van der Waals surface area contributed by atoms with Gasteiger partial charge >= 0.3 is 5.97 Å². The topological polar surface area (TPSA) is 47.6 Å². The Hall–Kier alpha value is -0.610. The number of carbonyl (C=O) groups is 1. The monoisotopic (exact) mass is 245 g/mol. The van der Waals surface area contributed by atoms with Crippen LogP contribution in [0.1, 0.15) is 46.5 Å². The van der Waals surface area contributed by atoms with Crippen LogP contribution in [0, 0.1) is 0 Å². The Morgan fingerprint density at radius 3 is 2.59 bits per heavy atom. The third kappa shape index (κ3) is 13.3. The number of esters is 1. The van der Waals surface area contributed by atoms with E-state index in [0.717, 1.165) is 39.0 Å². The summed E-state index contributed by atoms with van der Waals surface area (Å²) in [7, 11) is 0. The molecule has 0 aliphatic heterocycles. The molecule has 4 nitrogen and oxygen atoms in total. The number of nitrogens with one attached hydrogen (secondary N) is 1. The minimum absolute atomic E-state index is 0.0780. The Labute approximate surface area is 105 Å². The van der Waals surface area contributed by atoms with Crippen molar-refractivity contribution in [3.8, 4) is 0 Å². The number of ether oxygens (including phenoxy) is 2. The number of hydrogen-bond acceptors (Lipinski definition) is 4. The Balaban J connectivity index is 3.06. The number of hydrogen-bond donors (Lipinski definition) is 1. The minimum Gasteiger partial charge on any atom is -0.466 e. The highest BCUT2D eigenvalue weighted by molar-refractivity contribution is 5.69. The second-order valence-corrected chi connectivity index (χ2v) is 4.29. The fourth-order valence-electron chi connectivity index (χ4n) is 1.42. The summed E-state index contributed by atoms with van der Waals surface area (Å²) in [5.41, 5.74) is 0. The van der Waals surface area contributed by atoms with Crippen LogP contribution in [0.25, 0.3) is 0 Å². The number of carbonyl (C=O) groups excluding carboxylic acids is 1. The fraction of sp³-hybridized carbons (Fsp3) is 0.923. The fourth-order valence-corrected chi connectivity index (χ4v) is 1.42. The summed E-state index contributed by atoms with van der Waals surface area (Å²) in [5, 5.41) is 3.31. The van der Waals surface area contributed by atoms with Crippen molar-refractivity contribution in [2.45, 2.75) is 52.6 Å². The van der Waals surface area contributed by atoms with Crippen molar-refractivity contribution in [2.75, 3.05) is 26.3 Å². The van der Waals surface area contributed by atoms with Crippen LogP contribution in [-0.4, -0.2) is 38.4 Å². The summed E-state index contributed by atoms with van der Waals surface area (Å²) in [6, 6.07) is 0. The van der Waals surface area contributed by atoms with Gasteiger partial charge in [-0.2, -0.15) is 0 Å². The van der Waals surface area contributed by atoms with Gasteiger partial charge in [0, 0.05) is 13.0 Å². The number of rotatable bonds is 11. The zero-order chi connectivity index (χ0) is 12.9. The molecule has 0 aliphatic carbocycles. The van der Waals surface area contributed by atoms with Gasteiger partial charge in [-0.05, 0) is 40.2 Å². The molecule has 1 N–H and O–H groups in total. The Morgan fingerprint density at radius 2 is 1.94 bits per heavy atom. The van der Waals surface area contributed by atoms with Gasteiger partial charge in [-0.15, -0.1) is 0 Å². The maximum Gasteiger partial charge on any atom is 0.305 e.